The Morgan fingerprint density at radius 2 is 2.03 bits per heavy atom. The van der Waals surface area contributed by atoms with E-state index in [9.17, 15) is 4.79 Å². The maximum atomic E-state index is 11.1. The van der Waals surface area contributed by atoms with Crippen LogP contribution in [0, 0.1) is 0 Å². The third-order valence-corrected chi connectivity index (χ3v) is 6.66. The lowest BCUT2D eigenvalue weighted by molar-refractivity contribution is 0.0691. The summed E-state index contributed by atoms with van der Waals surface area (Å²) in [5, 5.41) is 16.8. The van der Waals surface area contributed by atoms with Gasteiger partial charge in [-0.15, -0.1) is 11.3 Å². The number of thiazole rings is 2. The lowest BCUT2D eigenvalue weighted by Gasteiger charge is -2.18. The molecule has 2 aromatic carbocycles. The molecule has 4 aromatic rings. The molecule has 0 saturated heterocycles. The summed E-state index contributed by atoms with van der Waals surface area (Å²) in [5.41, 5.74) is 8.41. The van der Waals surface area contributed by atoms with Gasteiger partial charge in [0.15, 0.2) is 5.69 Å². The highest BCUT2D eigenvalue weighted by molar-refractivity contribution is 7.22. The van der Waals surface area contributed by atoms with E-state index in [1.165, 1.54) is 16.9 Å². The number of hydrogen-bond acceptors (Lipinski definition) is 7. The van der Waals surface area contributed by atoms with Gasteiger partial charge in [0, 0.05) is 16.5 Å². The number of para-hydroxylation sites is 1. The number of nitrogens with zero attached hydrogens (tertiary/aromatic N) is 3. The Balaban J connectivity index is 1.46. The molecule has 0 aliphatic heterocycles. The normalized spacial score (nSPS) is 14.8. The van der Waals surface area contributed by atoms with Crippen molar-refractivity contribution in [3.63, 3.8) is 0 Å². The van der Waals surface area contributed by atoms with Crippen LogP contribution in [-0.2, 0) is 6.42 Å². The van der Waals surface area contributed by atoms with Gasteiger partial charge in [-0.2, -0.15) is 5.10 Å². The molecule has 2 heterocycles. The Morgan fingerprint density at radius 1 is 1.14 bits per heavy atom. The summed E-state index contributed by atoms with van der Waals surface area (Å²) in [7, 11) is 0. The number of aryl methyl sites for hydroxylation is 1. The quantitative estimate of drug-likeness (QED) is 0.439. The molecule has 6 nitrogen and oxygen atoms in total. The number of nitrogens with one attached hydrogen (secondary N) is 1. The molecule has 2 N–H and O–H groups in total. The highest BCUT2D eigenvalue weighted by atomic mass is 32.1. The van der Waals surface area contributed by atoms with E-state index in [0.717, 1.165) is 51.4 Å². The van der Waals surface area contributed by atoms with E-state index in [1.54, 1.807) is 16.7 Å². The zero-order valence-electron chi connectivity index (χ0n) is 15.3. The van der Waals surface area contributed by atoms with E-state index in [0.29, 0.717) is 5.01 Å². The molecular formula is C21H16N4O2S2. The highest BCUT2D eigenvalue weighted by Gasteiger charge is 2.18. The van der Waals surface area contributed by atoms with Gasteiger partial charge in [0.05, 0.1) is 15.9 Å². The molecule has 29 heavy (non-hydrogen) atoms. The Labute approximate surface area is 174 Å². The smallest absolute Gasteiger partial charge is 0.355 e. The molecule has 144 valence electrons. The minimum atomic E-state index is -1.01. The van der Waals surface area contributed by atoms with Crippen molar-refractivity contribution in [2.24, 2.45) is 5.10 Å². The molecule has 0 saturated carbocycles. The summed E-state index contributed by atoms with van der Waals surface area (Å²) in [6.45, 7) is 0. The number of carboxylic acids is 1. The van der Waals surface area contributed by atoms with Crippen LogP contribution >= 0.6 is 22.7 Å². The van der Waals surface area contributed by atoms with Gasteiger partial charge < -0.3 is 5.11 Å². The Hall–Kier alpha value is -3.10. The number of benzene rings is 2. The van der Waals surface area contributed by atoms with Crippen LogP contribution in [0.3, 0.4) is 0 Å². The average molecular weight is 421 g/mol. The van der Waals surface area contributed by atoms with Crippen molar-refractivity contribution in [2.45, 2.75) is 19.3 Å². The second-order valence-electron chi connectivity index (χ2n) is 6.73. The average Bonchev–Trinajstić information content (AvgIpc) is 3.39. The molecule has 0 spiro atoms. The number of hydrazone groups is 1. The maximum Gasteiger partial charge on any atom is 0.355 e. The summed E-state index contributed by atoms with van der Waals surface area (Å²) < 4.78 is 1.12. The molecule has 1 aliphatic rings. The summed E-state index contributed by atoms with van der Waals surface area (Å²) >= 11 is 2.92. The topological polar surface area (TPSA) is 87.5 Å². The molecule has 0 atom stereocenters. The van der Waals surface area contributed by atoms with Gasteiger partial charge in [-0.25, -0.2) is 14.8 Å². The number of rotatable bonds is 4. The molecule has 8 heteroatoms. The van der Waals surface area contributed by atoms with E-state index >= 15 is 0 Å². The number of anilines is 1. The van der Waals surface area contributed by atoms with Crippen molar-refractivity contribution in [1.29, 1.82) is 0 Å². The van der Waals surface area contributed by atoms with E-state index in [2.05, 4.69) is 32.6 Å². The number of hydrogen-bond donors (Lipinski definition) is 2. The molecule has 5 rings (SSSR count). The minimum Gasteiger partial charge on any atom is -0.476 e. The van der Waals surface area contributed by atoms with E-state index in [-0.39, 0.29) is 5.69 Å². The van der Waals surface area contributed by atoms with Crippen molar-refractivity contribution in [3.05, 3.63) is 64.7 Å². The third-order valence-electron chi connectivity index (χ3n) is 4.83. The Bertz CT molecular complexity index is 1230. The van der Waals surface area contributed by atoms with Crippen LogP contribution in [0.4, 0.5) is 5.13 Å². The zero-order chi connectivity index (χ0) is 19.8. The van der Waals surface area contributed by atoms with Gasteiger partial charge in [-0.05, 0) is 43.0 Å². The standard InChI is InChI=1S/C21H16N4O2S2/c26-20(27)17-11-28-19(22-17)13-9-8-12-4-3-6-15(14(12)10-13)24-25-21-23-16-5-1-2-7-18(16)29-21/h1-2,5,7-11H,3-4,6H2,(H,23,25)(H,26,27)/b24-15-. The fourth-order valence-electron chi connectivity index (χ4n) is 3.43. The minimum absolute atomic E-state index is 0.0779. The first-order chi connectivity index (χ1) is 14.2. The monoisotopic (exact) mass is 420 g/mol. The Kier molecular flexibility index (Phi) is 4.57. The number of carboxylic acid groups (broad SMARTS) is 1. The molecule has 0 unspecified atom stereocenters. The van der Waals surface area contributed by atoms with E-state index in [1.807, 2.05) is 30.3 Å². The van der Waals surface area contributed by atoms with Gasteiger partial charge in [-0.1, -0.05) is 35.6 Å². The zero-order valence-corrected chi connectivity index (χ0v) is 16.9. The molecule has 0 fully saturated rings. The Morgan fingerprint density at radius 3 is 2.86 bits per heavy atom. The van der Waals surface area contributed by atoms with Crippen molar-refractivity contribution in [3.8, 4) is 10.6 Å². The fraction of sp³-hybridized carbons (Fsp3) is 0.143. The van der Waals surface area contributed by atoms with E-state index < -0.39 is 5.97 Å². The molecular weight excluding hydrogens is 404 g/mol. The molecule has 0 bridgehead atoms. The lowest BCUT2D eigenvalue weighted by atomic mass is 9.89. The fourth-order valence-corrected chi connectivity index (χ4v) is 5.03. The first kappa shape index (κ1) is 18.0. The predicted octanol–water partition coefficient (Wildman–Crippen LogP) is 5.27. The van der Waals surface area contributed by atoms with Gasteiger partial charge in [0.1, 0.15) is 5.01 Å². The van der Waals surface area contributed by atoms with Gasteiger partial charge in [-0.3, -0.25) is 5.43 Å². The maximum absolute atomic E-state index is 11.1. The number of aromatic nitrogens is 2. The number of carbonyl (C=O) groups is 1. The summed E-state index contributed by atoms with van der Waals surface area (Å²) in [5.74, 6) is -1.01. The van der Waals surface area contributed by atoms with Crippen molar-refractivity contribution >= 4 is 49.7 Å². The summed E-state index contributed by atoms with van der Waals surface area (Å²) in [6, 6.07) is 14.2. The van der Waals surface area contributed by atoms with Crippen LogP contribution in [0.2, 0.25) is 0 Å². The van der Waals surface area contributed by atoms with Crippen LogP contribution in [0.5, 0.6) is 0 Å². The van der Waals surface area contributed by atoms with Crippen molar-refractivity contribution in [1.82, 2.24) is 9.97 Å². The number of aromatic carboxylic acids is 1. The number of fused-ring (bicyclic) bond motifs is 2. The van der Waals surface area contributed by atoms with Gasteiger partial charge in [0.2, 0.25) is 5.13 Å². The second kappa shape index (κ2) is 7.38. The van der Waals surface area contributed by atoms with Crippen LogP contribution in [0.25, 0.3) is 20.8 Å². The van der Waals surface area contributed by atoms with Crippen LogP contribution in [-0.4, -0.2) is 26.8 Å². The molecule has 2 aromatic heterocycles. The van der Waals surface area contributed by atoms with Gasteiger partial charge >= 0.3 is 5.97 Å². The SMILES string of the molecule is O=C(O)c1csc(-c2ccc3c(c2)/C(=N\Nc2nc4ccccc4s2)CCC3)n1. The van der Waals surface area contributed by atoms with Gasteiger partial charge in [0.25, 0.3) is 0 Å². The largest absolute Gasteiger partial charge is 0.476 e. The molecule has 0 radical (unpaired) electrons. The first-order valence-corrected chi connectivity index (χ1v) is 10.9. The van der Waals surface area contributed by atoms with Crippen molar-refractivity contribution < 1.29 is 9.90 Å². The first-order valence-electron chi connectivity index (χ1n) is 9.18. The summed E-state index contributed by atoms with van der Waals surface area (Å²) in [6.07, 6.45) is 2.94. The van der Waals surface area contributed by atoms with Crippen LogP contribution < -0.4 is 5.43 Å². The van der Waals surface area contributed by atoms with Crippen molar-refractivity contribution in [2.75, 3.05) is 5.43 Å². The summed E-state index contributed by atoms with van der Waals surface area (Å²) in [4.78, 5) is 19.9. The van der Waals surface area contributed by atoms with Crippen LogP contribution in [0.1, 0.15) is 34.5 Å². The lowest BCUT2D eigenvalue weighted by Crippen LogP contribution is -2.13. The highest BCUT2D eigenvalue weighted by Crippen LogP contribution is 2.30. The second-order valence-corrected chi connectivity index (χ2v) is 8.61. The van der Waals surface area contributed by atoms with Crippen LogP contribution in [0.15, 0.2) is 52.9 Å². The predicted molar refractivity (Wildman–Crippen MR) is 117 cm³/mol. The third kappa shape index (κ3) is 3.52. The molecule has 1 aliphatic carbocycles. The van der Waals surface area contributed by atoms with E-state index in [4.69, 9.17) is 5.11 Å². The molecule has 0 amide bonds.